The summed E-state index contributed by atoms with van der Waals surface area (Å²) >= 11 is 1.35. The average molecular weight is 386 g/mol. The highest BCUT2D eigenvalue weighted by Gasteiger charge is 2.26. The fourth-order valence-corrected chi connectivity index (χ4v) is 3.88. The van der Waals surface area contributed by atoms with E-state index in [1.54, 1.807) is 23.4 Å². The van der Waals surface area contributed by atoms with Gasteiger partial charge in [0.2, 0.25) is 11.8 Å². The maximum atomic E-state index is 12.5. The van der Waals surface area contributed by atoms with Crippen LogP contribution in [0.4, 0.5) is 0 Å². The van der Waals surface area contributed by atoms with Crippen LogP contribution in [0.3, 0.4) is 0 Å². The van der Waals surface area contributed by atoms with Crippen molar-refractivity contribution in [1.29, 1.82) is 0 Å². The third-order valence-corrected chi connectivity index (χ3v) is 5.47. The fraction of sp³-hybridized carbons (Fsp3) is 0.389. The Bertz CT molecular complexity index is 815. The molecule has 3 heterocycles. The Morgan fingerprint density at radius 1 is 1.33 bits per heavy atom. The molecule has 9 heteroatoms. The van der Waals surface area contributed by atoms with E-state index in [4.69, 9.17) is 5.73 Å². The number of carbonyl (C=O) groups excluding carboxylic acids is 2. The van der Waals surface area contributed by atoms with Gasteiger partial charge in [-0.05, 0) is 25.0 Å². The number of primary amides is 1. The minimum Gasteiger partial charge on any atom is -0.369 e. The lowest BCUT2D eigenvalue weighted by molar-refractivity contribution is -0.132. The Morgan fingerprint density at radius 2 is 2.11 bits per heavy atom. The molecule has 0 bridgehead atoms. The highest BCUT2D eigenvalue weighted by atomic mass is 32.2. The molecule has 0 spiro atoms. The summed E-state index contributed by atoms with van der Waals surface area (Å²) in [6.45, 7) is 5.45. The first kappa shape index (κ1) is 19.1. The predicted molar refractivity (Wildman–Crippen MR) is 103 cm³/mol. The Labute approximate surface area is 161 Å². The van der Waals surface area contributed by atoms with E-state index in [1.165, 1.54) is 11.8 Å². The minimum atomic E-state index is -0.281. The van der Waals surface area contributed by atoms with E-state index >= 15 is 0 Å². The number of pyridine rings is 1. The number of hydrogen-bond donors (Lipinski definition) is 1. The van der Waals surface area contributed by atoms with Gasteiger partial charge in [0, 0.05) is 43.5 Å². The monoisotopic (exact) mass is 386 g/mol. The molecule has 2 amide bonds. The number of likely N-dealkylation sites (tertiary alicyclic amines) is 1. The quantitative estimate of drug-likeness (QED) is 0.568. The summed E-state index contributed by atoms with van der Waals surface area (Å²) in [6, 6.07) is 3.76. The summed E-state index contributed by atoms with van der Waals surface area (Å²) in [7, 11) is 0. The number of allylic oxidation sites excluding steroid dienone is 1. The van der Waals surface area contributed by atoms with Crippen LogP contribution in [0.25, 0.3) is 11.4 Å². The van der Waals surface area contributed by atoms with Crippen LogP contribution in [0.2, 0.25) is 0 Å². The van der Waals surface area contributed by atoms with Crippen LogP contribution in [0.1, 0.15) is 12.8 Å². The smallest absolute Gasteiger partial charge is 0.233 e. The van der Waals surface area contributed by atoms with Crippen molar-refractivity contribution in [3.05, 3.63) is 37.2 Å². The van der Waals surface area contributed by atoms with Crippen molar-refractivity contribution in [2.75, 3.05) is 18.8 Å². The second kappa shape index (κ2) is 8.81. The third kappa shape index (κ3) is 4.54. The first-order valence-electron chi connectivity index (χ1n) is 8.74. The summed E-state index contributed by atoms with van der Waals surface area (Å²) in [5, 5.41) is 9.15. The molecular weight excluding hydrogens is 364 g/mol. The van der Waals surface area contributed by atoms with Crippen LogP contribution in [0.15, 0.2) is 42.3 Å². The number of carbonyl (C=O) groups is 2. The summed E-state index contributed by atoms with van der Waals surface area (Å²) in [5.41, 5.74) is 6.20. The molecule has 2 N–H and O–H groups in total. The van der Waals surface area contributed by atoms with E-state index in [2.05, 4.69) is 21.8 Å². The molecule has 0 aromatic carbocycles. The zero-order chi connectivity index (χ0) is 19.2. The van der Waals surface area contributed by atoms with Gasteiger partial charge in [0.15, 0.2) is 11.0 Å². The van der Waals surface area contributed by atoms with Crippen molar-refractivity contribution in [3.8, 4) is 11.4 Å². The number of nitrogens with two attached hydrogens (primary N) is 1. The van der Waals surface area contributed by atoms with E-state index in [-0.39, 0.29) is 23.5 Å². The van der Waals surface area contributed by atoms with Crippen molar-refractivity contribution in [3.63, 3.8) is 0 Å². The second-order valence-electron chi connectivity index (χ2n) is 6.29. The topological polar surface area (TPSA) is 107 Å². The van der Waals surface area contributed by atoms with Crippen LogP contribution in [0, 0.1) is 5.92 Å². The molecule has 0 atom stereocenters. The summed E-state index contributed by atoms with van der Waals surface area (Å²) in [4.78, 5) is 29.6. The maximum Gasteiger partial charge on any atom is 0.233 e. The van der Waals surface area contributed by atoms with Gasteiger partial charge in [0.1, 0.15) is 0 Å². The van der Waals surface area contributed by atoms with Crippen LogP contribution >= 0.6 is 11.8 Å². The lowest BCUT2D eigenvalue weighted by atomic mass is 9.96. The molecule has 2 aromatic rings. The second-order valence-corrected chi connectivity index (χ2v) is 7.24. The third-order valence-electron chi connectivity index (χ3n) is 4.52. The van der Waals surface area contributed by atoms with Crippen molar-refractivity contribution in [2.45, 2.75) is 24.5 Å². The van der Waals surface area contributed by atoms with Gasteiger partial charge in [0.05, 0.1) is 5.75 Å². The van der Waals surface area contributed by atoms with Crippen LogP contribution < -0.4 is 5.73 Å². The van der Waals surface area contributed by atoms with Crippen LogP contribution in [-0.4, -0.2) is 55.3 Å². The first-order chi connectivity index (χ1) is 13.1. The van der Waals surface area contributed by atoms with E-state index in [9.17, 15) is 9.59 Å². The molecule has 1 saturated heterocycles. The Hall–Kier alpha value is -2.68. The number of rotatable bonds is 7. The van der Waals surface area contributed by atoms with Gasteiger partial charge >= 0.3 is 0 Å². The molecule has 0 radical (unpaired) electrons. The zero-order valence-corrected chi connectivity index (χ0v) is 15.8. The van der Waals surface area contributed by atoms with Crippen LogP contribution in [0.5, 0.6) is 0 Å². The largest absolute Gasteiger partial charge is 0.369 e. The van der Waals surface area contributed by atoms with Gasteiger partial charge in [-0.2, -0.15) is 0 Å². The van der Waals surface area contributed by atoms with Crippen LogP contribution in [-0.2, 0) is 16.1 Å². The van der Waals surface area contributed by atoms with Crippen molar-refractivity contribution < 1.29 is 9.59 Å². The lowest BCUT2D eigenvalue weighted by Gasteiger charge is -2.30. The van der Waals surface area contributed by atoms with Gasteiger partial charge in [0.25, 0.3) is 0 Å². The number of amides is 2. The number of piperidine rings is 1. The van der Waals surface area contributed by atoms with Gasteiger partial charge in [-0.15, -0.1) is 16.8 Å². The Balaban J connectivity index is 1.64. The predicted octanol–water partition coefficient (Wildman–Crippen LogP) is 1.34. The van der Waals surface area contributed by atoms with Gasteiger partial charge in [-0.1, -0.05) is 17.8 Å². The van der Waals surface area contributed by atoms with E-state index in [0.717, 1.165) is 5.56 Å². The Kier molecular flexibility index (Phi) is 6.23. The molecule has 3 rings (SSSR count). The minimum absolute atomic E-state index is 0.0269. The number of thioether (sulfide) groups is 1. The fourth-order valence-electron chi connectivity index (χ4n) is 3.03. The molecule has 0 unspecified atom stereocenters. The highest BCUT2D eigenvalue weighted by molar-refractivity contribution is 7.99. The molecule has 27 heavy (non-hydrogen) atoms. The van der Waals surface area contributed by atoms with E-state index < -0.39 is 0 Å². The molecular formula is C18H22N6O2S. The van der Waals surface area contributed by atoms with Crippen molar-refractivity contribution >= 4 is 23.6 Å². The molecule has 8 nitrogen and oxygen atoms in total. The van der Waals surface area contributed by atoms with Gasteiger partial charge < -0.3 is 10.6 Å². The molecule has 1 aliphatic heterocycles. The maximum absolute atomic E-state index is 12.5. The standard InChI is InChI=1S/C18H22N6O2S/c1-2-8-24-17(14-4-3-7-20-11-14)21-22-18(24)27-12-15(25)23-9-5-13(6-10-23)16(19)26/h2-4,7,11,13H,1,5-6,8-10,12H2,(H2,19,26). The molecule has 142 valence electrons. The lowest BCUT2D eigenvalue weighted by Crippen LogP contribution is -2.42. The van der Waals surface area contributed by atoms with Crippen molar-refractivity contribution in [2.24, 2.45) is 11.7 Å². The SMILES string of the molecule is C=CCn1c(SCC(=O)N2CCC(C(N)=O)CC2)nnc1-c1cccnc1. The highest BCUT2D eigenvalue weighted by Crippen LogP contribution is 2.24. The molecule has 0 saturated carbocycles. The number of hydrogen-bond acceptors (Lipinski definition) is 6. The molecule has 1 fully saturated rings. The average Bonchev–Trinajstić information content (AvgIpc) is 3.10. The van der Waals surface area contributed by atoms with E-state index in [1.807, 2.05) is 16.7 Å². The number of nitrogens with zero attached hydrogens (tertiary/aromatic N) is 5. The number of aromatic nitrogens is 4. The molecule has 0 aliphatic carbocycles. The summed E-state index contributed by atoms with van der Waals surface area (Å²) in [5.74, 6) is 0.583. The van der Waals surface area contributed by atoms with Gasteiger partial charge in [-0.3, -0.25) is 19.1 Å². The molecule has 2 aromatic heterocycles. The first-order valence-corrected chi connectivity index (χ1v) is 9.73. The van der Waals surface area contributed by atoms with E-state index in [0.29, 0.717) is 43.5 Å². The van der Waals surface area contributed by atoms with Gasteiger partial charge in [-0.25, -0.2) is 0 Å². The normalized spacial score (nSPS) is 14.9. The zero-order valence-electron chi connectivity index (χ0n) is 15.0. The summed E-state index contributed by atoms with van der Waals surface area (Å²) in [6.07, 6.45) is 6.45. The molecule has 1 aliphatic rings. The van der Waals surface area contributed by atoms with Crippen molar-refractivity contribution in [1.82, 2.24) is 24.6 Å². The summed E-state index contributed by atoms with van der Waals surface area (Å²) < 4.78 is 1.92. The Morgan fingerprint density at radius 3 is 2.74 bits per heavy atom.